The molecule has 5 N–H and O–H groups in total. The Morgan fingerprint density at radius 3 is 1.55 bits per heavy atom. The second kappa shape index (κ2) is 34.9. The van der Waals surface area contributed by atoms with E-state index < -0.39 is 23.8 Å². The molecular weight excluding hydrogens is 1110 g/mol. The van der Waals surface area contributed by atoms with Crippen molar-refractivity contribution in [1.82, 2.24) is 6.15 Å². The molecule has 1 aliphatic heterocycles. The van der Waals surface area contributed by atoms with Gasteiger partial charge < -0.3 is 44.8 Å². The minimum Gasteiger partial charge on any atom is -0.465 e. The number of carbonyl (C=O) groups is 4. The number of carbonyl (C=O) groups excluding carboxylic acids is 4. The van der Waals surface area contributed by atoms with Crippen molar-refractivity contribution in [3.63, 3.8) is 0 Å². The zero-order valence-electron chi connectivity index (χ0n) is 57.1. The summed E-state index contributed by atoms with van der Waals surface area (Å²) < 4.78 is 32.0. The van der Waals surface area contributed by atoms with Gasteiger partial charge in [0.15, 0.2) is 11.8 Å². The van der Waals surface area contributed by atoms with E-state index in [4.69, 9.17) is 28.8 Å². The molecule has 8 aliphatic carbocycles. The molecule has 0 aromatic rings. The summed E-state index contributed by atoms with van der Waals surface area (Å²) in [5.74, 6) is 6.40. The number of cyclic esters (lactones) is 1. The fraction of sp³-hybridized carbons (Fsp3) is 0.893. The molecule has 9 aliphatic rings. The summed E-state index contributed by atoms with van der Waals surface area (Å²) >= 11 is 0. The minimum absolute atomic E-state index is 0. The summed E-state index contributed by atoms with van der Waals surface area (Å²) in [5, 5.41) is 17.1. The number of aliphatic hydroxyl groups excluding tert-OH is 2. The number of esters is 4. The Bertz CT molecular complexity index is 2230. The minimum atomic E-state index is -0.944. The number of hydrogen-bond donors (Lipinski definition) is 3. The number of rotatable bonds is 24. The summed E-state index contributed by atoms with van der Waals surface area (Å²) in [6.07, 6.45) is 35.8. The van der Waals surface area contributed by atoms with E-state index in [1.807, 2.05) is 0 Å². The SMILES string of the molecule is C.CC(C)CCC[C@@H](C)[C@H]1CCC2C3CC=C4CC(OC(=O)C5CCCCOC5=O)CC[C@]4(C)C3CC[C@@]21C.COCCO.COCCOC(=O)C(CCCCO)C(=O)OC1CC[C@@]2(C)C(=CCC3C2CC[C@@]2(C)C3CC[C@@H]2[C@H](C)CCCC(C)C)C1.N. The quantitative estimate of drug-likeness (QED) is 0.0271. The van der Waals surface area contributed by atoms with Crippen LogP contribution in [0.5, 0.6) is 0 Å². The predicted molar refractivity (Wildman–Crippen MR) is 352 cm³/mol. The fourth-order valence-corrected chi connectivity index (χ4v) is 20.3. The number of unbranched alkanes of at least 4 members (excludes halogenated alkanes) is 1. The Morgan fingerprint density at radius 2 is 1.08 bits per heavy atom. The van der Waals surface area contributed by atoms with E-state index in [0.29, 0.717) is 56.3 Å². The van der Waals surface area contributed by atoms with Crippen LogP contribution in [0.1, 0.15) is 256 Å². The van der Waals surface area contributed by atoms with Crippen molar-refractivity contribution in [3.05, 3.63) is 23.3 Å². The lowest BCUT2D eigenvalue weighted by atomic mass is 9.47. The second-order valence-electron chi connectivity index (χ2n) is 31.0. The summed E-state index contributed by atoms with van der Waals surface area (Å²) in [7, 11) is 3.10. The van der Waals surface area contributed by atoms with Crippen LogP contribution >= 0.6 is 0 Å². The molecule has 0 spiro atoms. The van der Waals surface area contributed by atoms with Crippen molar-refractivity contribution in [2.24, 2.45) is 105 Å². The normalized spacial score (nSPS) is 35.5. The first-order valence-electron chi connectivity index (χ1n) is 35.4. The molecule has 10 unspecified atom stereocenters. The highest BCUT2D eigenvalue weighted by molar-refractivity contribution is 5.95. The van der Waals surface area contributed by atoms with E-state index in [0.717, 1.165) is 122 Å². The van der Waals surface area contributed by atoms with Crippen molar-refractivity contribution in [2.75, 3.05) is 53.9 Å². The summed E-state index contributed by atoms with van der Waals surface area (Å²) in [5.41, 5.74) is 4.45. The van der Waals surface area contributed by atoms with Crippen LogP contribution < -0.4 is 6.15 Å². The highest BCUT2D eigenvalue weighted by Crippen LogP contribution is 2.69. The molecule has 1 heterocycles. The first-order valence-corrected chi connectivity index (χ1v) is 35.4. The van der Waals surface area contributed by atoms with Gasteiger partial charge in [-0.1, -0.05) is 138 Å². The Morgan fingerprint density at radius 1 is 0.568 bits per heavy atom. The molecule has 13 heteroatoms. The smallest absolute Gasteiger partial charge is 0.320 e. The summed E-state index contributed by atoms with van der Waals surface area (Å²) in [6.45, 7) is 26.3. The highest BCUT2D eigenvalue weighted by atomic mass is 16.6. The second-order valence-corrected chi connectivity index (χ2v) is 31.0. The van der Waals surface area contributed by atoms with Crippen LogP contribution in [0.25, 0.3) is 0 Å². The first-order chi connectivity index (χ1) is 41.1. The average molecular weight is 1240 g/mol. The zero-order chi connectivity index (χ0) is 62.4. The van der Waals surface area contributed by atoms with Gasteiger partial charge in [-0.3, -0.25) is 19.2 Å². The first kappa shape index (κ1) is 75.9. The molecule has 0 radical (unpaired) electrons. The van der Waals surface area contributed by atoms with Gasteiger partial charge in [0, 0.05) is 33.7 Å². The fourth-order valence-electron chi connectivity index (χ4n) is 20.3. The van der Waals surface area contributed by atoms with E-state index in [9.17, 15) is 24.3 Å². The molecule has 6 saturated carbocycles. The molecule has 0 aromatic heterocycles. The van der Waals surface area contributed by atoms with Gasteiger partial charge in [0.05, 0.1) is 26.4 Å². The molecule has 7 fully saturated rings. The van der Waals surface area contributed by atoms with Crippen LogP contribution in [0.15, 0.2) is 23.3 Å². The number of hydrogen-bond acceptors (Lipinski definition) is 13. The van der Waals surface area contributed by atoms with E-state index in [1.165, 1.54) is 114 Å². The molecule has 0 aromatic carbocycles. The standard InChI is InChI=1S/C37H62O6.C34H54O4.C3H8O2.CH4.H3N/c1-25(2)10-9-11-26(3)31-15-16-32-29-14-13-27-24-28(17-19-36(27,4)33(29)18-20-37(31,32)5)43-35(40)30(12-7-8-21-38)34(39)42-23-22-41-6;1-22(2)9-8-10-23(3)28-14-15-29-26-13-12-24-21-25(38-32(36)27-11-6-7-20-37-31(27)35)16-18-33(24,4)30(26)17-19-34(28,29)5;1-5-3-2-4;;/h13,25-26,28-33,38H,7-12,14-24H2,1-6H3;12,22-23,25-30H,6-11,13-21H2,1-5H3;4H,2-3H2,1H3;1H4;1H3/t26-,28?,29?,30?,31-,32?,33?,36+,37-;23-,25?,26?,27?,28-,29?,30?,33+,34-;;;/m11.../s1. The van der Waals surface area contributed by atoms with E-state index in [2.05, 4.69) is 86.1 Å². The Kier molecular flexibility index (Phi) is 30.1. The van der Waals surface area contributed by atoms with E-state index in [1.54, 1.807) is 14.2 Å². The van der Waals surface area contributed by atoms with Crippen LogP contribution in [0.2, 0.25) is 0 Å². The largest absolute Gasteiger partial charge is 0.465 e. The number of fused-ring (bicyclic) bond motifs is 10. The van der Waals surface area contributed by atoms with Gasteiger partial charge in [-0.2, -0.15) is 0 Å². The van der Waals surface area contributed by atoms with Gasteiger partial charge in [-0.15, -0.1) is 0 Å². The lowest BCUT2D eigenvalue weighted by Gasteiger charge is -2.58. The van der Waals surface area contributed by atoms with E-state index >= 15 is 0 Å². The maximum Gasteiger partial charge on any atom is 0.320 e. The number of allylic oxidation sites excluding steroid dienone is 2. The van der Waals surface area contributed by atoms with Gasteiger partial charge in [-0.05, 0) is 221 Å². The van der Waals surface area contributed by atoms with Crippen molar-refractivity contribution < 1.29 is 57.8 Å². The van der Waals surface area contributed by atoms with Gasteiger partial charge in [0.1, 0.15) is 18.8 Å². The summed E-state index contributed by atoms with van der Waals surface area (Å²) in [6, 6.07) is 0. The molecule has 9 rings (SSSR count). The molecule has 0 bridgehead atoms. The number of ether oxygens (including phenoxy) is 6. The zero-order valence-corrected chi connectivity index (χ0v) is 57.1. The number of methoxy groups -OCH3 is 2. The van der Waals surface area contributed by atoms with Gasteiger partial charge >= 0.3 is 23.9 Å². The van der Waals surface area contributed by atoms with Crippen molar-refractivity contribution in [3.8, 4) is 0 Å². The van der Waals surface area contributed by atoms with Crippen LogP contribution in [0, 0.1) is 105 Å². The Balaban J connectivity index is 0.000000293. The lowest BCUT2D eigenvalue weighted by molar-refractivity contribution is -0.169. The maximum absolute atomic E-state index is 13.3. The lowest BCUT2D eigenvalue weighted by Crippen LogP contribution is -2.51. The Labute approximate surface area is 535 Å². The van der Waals surface area contributed by atoms with Crippen LogP contribution in [-0.4, -0.2) is 100 Å². The third-order valence-electron chi connectivity index (χ3n) is 25.1. The predicted octanol–water partition coefficient (Wildman–Crippen LogP) is 16.6. The third kappa shape index (κ3) is 17.9. The third-order valence-corrected chi connectivity index (χ3v) is 25.1. The van der Waals surface area contributed by atoms with Crippen molar-refractivity contribution in [1.29, 1.82) is 0 Å². The van der Waals surface area contributed by atoms with Crippen LogP contribution in [0.4, 0.5) is 0 Å². The number of aliphatic hydroxyl groups is 2. The van der Waals surface area contributed by atoms with Crippen LogP contribution in [-0.2, 0) is 47.6 Å². The molecule has 88 heavy (non-hydrogen) atoms. The Hall–Kier alpha value is -2.84. The van der Waals surface area contributed by atoms with Crippen molar-refractivity contribution >= 4 is 23.9 Å². The molecule has 13 nitrogen and oxygen atoms in total. The van der Waals surface area contributed by atoms with Gasteiger partial charge in [0.25, 0.3) is 0 Å². The van der Waals surface area contributed by atoms with Gasteiger partial charge in [-0.25, -0.2) is 0 Å². The average Bonchev–Trinajstić information content (AvgIpc) is 1.34. The molecular formula is C75H131NO12. The monoisotopic (exact) mass is 1240 g/mol. The van der Waals surface area contributed by atoms with Gasteiger partial charge in [0.2, 0.25) is 0 Å². The topological polar surface area (TPSA) is 199 Å². The van der Waals surface area contributed by atoms with Crippen molar-refractivity contribution in [2.45, 2.75) is 269 Å². The molecule has 508 valence electrons. The summed E-state index contributed by atoms with van der Waals surface area (Å²) in [4.78, 5) is 51.2. The molecule has 18 atom stereocenters. The molecule has 1 saturated heterocycles. The van der Waals surface area contributed by atoms with E-state index in [-0.39, 0.29) is 68.4 Å². The molecule has 0 amide bonds. The highest BCUT2D eigenvalue weighted by Gasteiger charge is 2.61. The van der Waals surface area contributed by atoms with Crippen LogP contribution in [0.3, 0.4) is 0 Å². The maximum atomic E-state index is 13.3.